The first kappa shape index (κ1) is 15.5. The molecule has 0 fully saturated rings. The summed E-state index contributed by atoms with van der Waals surface area (Å²) in [6, 6.07) is 10.1. The normalized spacial score (nSPS) is 17.6. The molecule has 0 aliphatic carbocycles. The van der Waals surface area contributed by atoms with E-state index in [-0.39, 0.29) is 5.56 Å². The zero-order chi connectivity index (χ0) is 17.8. The molecule has 0 N–H and O–H groups in total. The fourth-order valence-electron chi connectivity index (χ4n) is 3.16. The smallest absolute Gasteiger partial charge is 0.271 e. The molecule has 0 atom stereocenters. The molecule has 0 bridgehead atoms. The van der Waals surface area contributed by atoms with E-state index in [2.05, 4.69) is 16.0 Å². The van der Waals surface area contributed by atoms with Crippen LogP contribution in [0.15, 0.2) is 53.8 Å². The van der Waals surface area contributed by atoms with Crippen molar-refractivity contribution in [1.29, 1.82) is 0 Å². The molecule has 0 saturated heterocycles. The largest absolute Gasteiger partial charge is 0.297 e. The van der Waals surface area contributed by atoms with Crippen molar-refractivity contribution in [3.8, 4) is 12.3 Å². The number of alkyl halides is 2. The summed E-state index contributed by atoms with van der Waals surface area (Å²) in [6.07, 6.45) is 8.79. The highest BCUT2D eigenvalue weighted by Gasteiger charge is 2.52. The van der Waals surface area contributed by atoms with E-state index in [0.717, 1.165) is 5.52 Å². The highest BCUT2D eigenvalue weighted by molar-refractivity contribution is 6.18. The molecule has 3 aromatic rings. The molecule has 0 unspecified atom stereocenters. The van der Waals surface area contributed by atoms with Crippen LogP contribution in [0, 0.1) is 12.3 Å². The number of benzene rings is 1. The van der Waals surface area contributed by atoms with E-state index >= 15 is 0 Å². The van der Waals surface area contributed by atoms with Gasteiger partial charge in [-0.3, -0.25) is 4.99 Å². The van der Waals surface area contributed by atoms with Gasteiger partial charge in [-0.15, -0.1) is 6.42 Å². The Morgan fingerprint density at radius 3 is 2.60 bits per heavy atom. The van der Waals surface area contributed by atoms with Gasteiger partial charge in [-0.2, -0.15) is 13.9 Å². The third-order valence-electron chi connectivity index (χ3n) is 4.62. The van der Waals surface area contributed by atoms with E-state index in [0.29, 0.717) is 22.4 Å². The number of nitrogens with zero attached hydrogens (tertiary/aromatic N) is 3. The second kappa shape index (κ2) is 5.00. The van der Waals surface area contributed by atoms with Gasteiger partial charge in [0.2, 0.25) is 0 Å². The van der Waals surface area contributed by atoms with Gasteiger partial charge in [0, 0.05) is 28.5 Å². The van der Waals surface area contributed by atoms with Gasteiger partial charge in [0.25, 0.3) is 5.92 Å². The fraction of sp³-hybridized carbons (Fsp3) is 0.200. The maximum atomic E-state index is 14.9. The molecule has 0 saturated carbocycles. The molecule has 3 nitrogen and oxygen atoms in total. The molecular formula is C20H15F2N3. The lowest BCUT2D eigenvalue weighted by atomic mass is 9.82. The number of pyridine rings is 1. The number of fused-ring (bicyclic) bond motifs is 2. The van der Waals surface area contributed by atoms with Gasteiger partial charge in [-0.25, -0.2) is 4.52 Å². The maximum Gasteiger partial charge on any atom is 0.297 e. The second-order valence-electron chi connectivity index (χ2n) is 6.59. The number of hydrogen-bond donors (Lipinski definition) is 0. The molecule has 0 radical (unpaired) electrons. The highest BCUT2D eigenvalue weighted by atomic mass is 19.3. The van der Waals surface area contributed by atoms with Crippen molar-refractivity contribution < 1.29 is 8.78 Å². The number of hydrogen-bond acceptors (Lipinski definition) is 2. The number of aromatic nitrogens is 2. The van der Waals surface area contributed by atoms with Gasteiger partial charge in [0.15, 0.2) is 0 Å². The van der Waals surface area contributed by atoms with Crippen LogP contribution in [0.5, 0.6) is 0 Å². The van der Waals surface area contributed by atoms with E-state index in [1.807, 2.05) is 6.07 Å². The Kier molecular flexibility index (Phi) is 3.10. The van der Waals surface area contributed by atoms with Crippen LogP contribution in [-0.4, -0.2) is 20.9 Å². The van der Waals surface area contributed by atoms with Crippen LogP contribution in [0.25, 0.3) is 5.52 Å². The third kappa shape index (κ3) is 2.11. The molecule has 2 aromatic heterocycles. The van der Waals surface area contributed by atoms with E-state index < -0.39 is 11.5 Å². The number of halogens is 2. The average molecular weight is 335 g/mol. The molecule has 5 heteroatoms. The lowest BCUT2D eigenvalue weighted by molar-refractivity contribution is -0.0681. The Labute approximate surface area is 144 Å². The summed E-state index contributed by atoms with van der Waals surface area (Å²) in [5, 5.41) is 4.31. The van der Waals surface area contributed by atoms with Crippen molar-refractivity contribution in [2.24, 2.45) is 4.99 Å². The predicted molar refractivity (Wildman–Crippen MR) is 93.2 cm³/mol. The van der Waals surface area contributed by atoms with E-state index in [1.165, 1.54) is 19.9 Å². The van der Waals surface area contributed by atoms with Gasteiger partial charge >= 0.3 is 0 Å². The van der Waals surface area contributed by atoms with Crippen molar-refractivity contribution >= 4 is 11.2 Å². The van der Waals surface area contributed by atoms with Crippen LogP contribution >= 0.6 is 0 Å². The quantitative estimate of drug-likeness (QED) is 0.617. The van der Waals surface area contributed by atoms with Gasteiger partial charge in [-0.1, -0.05) is 30.2 Å². The maximum absolute atomic E-state index is 14.9. The zero-order valence-corrected chi connectivity index (χ0v) is 13.8. The Morgan fingerprint density at radius 1 is 1.08 bits per heavy atom. The lowest BCUT2D eigenvalue weighted by Gasteiger charge is -2.37. The molecule has 124 valence electrons. The number of aliphatic imine (C=N–C) groups is 1. The second-order valence-corrected chi connectivity index (χ2v) is 6.59. The van der Waals surface area contributed by atoms with Crippen molar-refractivity contribution in [3.63, 3.8) is 0 Å². The first-order valence-electron chi connectivity index (χ1n) is 7.87. The molecule has 1 aliphatic heterocycles. The summed E-state index contributed by atoms with van der Waals surface area (Å²) < 4.78 is 31.4. The van der Waals surface area contributed by atoms with Crippen molar-refractivity contribution in [2.75, 3.05) is 0 Å². The highest BCUT2D eigenvalue weighted by Crippen LogP contribution is 2.46. The standard InChI is InChI=1S/C20H15F2N3/c1-4-13-9-10-17-15(11-23-25(17)12-13)18-14-7-5-6-8-16(14)20(21,22)19(2,3)24-18/h1,5-12H,2-3H3. The van der Waals surface area contributed by atoms with Gasteiger partial charge in [-0.05, 0) is 26.0 Å². The number of rotatable bonds is 1. The number of terminal acetylenes is 1. The lowest BCUT2D eigenvalue weighted by Crippen LogP contribution is -2.44. The summed E-state index contributed by atoms with van der Waals surface area (Å²) in [6.45, 7) is 2.90. The Bertz CT molecular complexity index is 1070. The minimum atomic E-state index is -3.05. The van der Waals surface area contributed by atoms with Crippen molar-refractivity contribution in [2.45, 2.75) is 25.3 Å². The summed E-state index contributed by atoms with van der Waals surface area (Å²) in [5.41, 5.74) is 1.57. The fourth-order valence-corrected chi connectivity index (χ4v) is 3.16. The Balaban J connectivity index is 2.00. The van der Waals surface area contributed by atoms with E-state index in [9.17, 15) is 8.78 Å². The van der Waals surface area contributed by atoms with Crippen LogP contribution < -0.4 is 0 Å². The molecule has 25 heavy (non-hydrogen) atoms. The molecule has 0 spiro atoms. The minimum Gasteiger partial charge on any atom is -0.271 e. The summed E-state index contributed by atoms with van der Waals surface area (Å²) in [7, 11) is 0. The SMILES string of the molecule is C#Cc1ccc2c(C3=NC(C)(C)C(F)(F)c4ccccc43)cnn2c1. The molecular weight excluding hydrogens is 320 g/mol. The van der Waals surface area contributed by atoms with Crippen LogP contribution in [0.1, 0.15) is 36.1 Å². The summed E-state index contributed by atoms with van der Waals surface area (Å²) in [5.74, 6) is -0.492. The van der Waals surface area contributed by atoms with Gasteiger partial charge < -0.3 is 0 Å². The summed E-state index contributed by atoms with van der Waals surface area (Å²) in [4.78, 5) is 4.42. The predicted octanol–water partition coefficient (Wildman–Crippen LogP) is 4.04. The van der Waals surface area contributed by atoms with Crippen LogP contribution in [0.4, 0.5) is 8.78 Å². The first-order valence-corrected chi connectivity index (χ1v) is 7.87. The monoisotopic (exact) mass is 335 g/mol. The molecule has 1 aromatic carbocycles. The minimum absolute atomic E-state index is 0.00963. The van der Waals surface area contributed by atoms with Crippen molar-refractivity contribution in [1.82, 2.24) is 9.61 Å². The van der Waals surface area contributed by atoms with Crippen molar-refractivity contribution in [3.05, 3.63) is 71.0 Å². The first-order chi connectivity index (χ1) is 11.8. The van der Waals surface area contributed by atoms with Gasteiger partial charge in [0.05, 0.1) is 17.4 Å². The third-order valence-corrected chi connectivity index (χ3v) is 4.62. The Hall–Kier alpha value is -3.00. The van der Waals surface area contributed by atoms with Crippen LogP contribution in [0.2, 0.25) is 0 Å². The molecule has 3 heterocycles. The van der Waals surface area contributed by atoms with Crippen LogP contribution in [0.3, 0.4) is 0 Å². The van der Waals surface area contributed by atoms with E-state index in [1.54, 1.807) is 41.2 Å². The summed E-state index contributed by atoms with van der Waals surface area (Å²) >= 11 is 0. The zero-order valence-electron chi connectivity index (χ0n) is 13.8. The Morgan fingerprint density at radius 2 is 1.84 bits per heavy atom. The molecule has 1 aliphatic rings. The van der Waals surface area contributed by atoms with Gasteiger partial charge in [0.1, 0.15) is 5.54 Å². The topological polar surface area (TPSA) is 29.7 Å². The van der Waals surface area contributed by atoms with E-state index in [4.69, 9.17) is 6.42 Å². The molecule has 0 amide bonds. The molecule has 4 rings (SSSR count). The van der Waals surface area contributed by atoms with Crippen LogP contribution in [-0.2, 0) is 5.92 Å². The average Bonchev–Trinajstić information content (AvgIpc) is 3.01.